The molecule has 7 heteroatoms. The van der Waals surface area contributed by atoms with Gasteiger partial charge in [-0.25, -0.2) is 4.79 Å². The van der Waals surface area contributed by atoms with E-state index in [-0.39, 0.29) is 18.0 Å². The largest absolute Gasteiger partial charge is 0.497 e. The Kier molecular flexibility index (Phi) is 9.07. The zero-order valence-electron chi connectivity index (χ0n) is 17.4. The number of methoxy groups -OCH3 is 1. The van der Waals surface area contributed by atoms with E-state index in [2.05, 4.69) is 24.5 Å². The third kappa shape index (κ3) is 6.71. The first-order chi connectivity index (χ1) is 13.6. The van der Waals surface area contributed by atoms with Crippen molar-refractivity contribution in [2.75, 3.05) is 44.7 Å². The van der Waals surface area contributed by atoms with Gasteiger partial charge in [0.1, 0.15) is 5.75 Å². The molecule has 1 saturated heterocycles. The molecule has 0 spiro atoms. The number of ether oxygens (including phenoxy) is 1. The van der Waals surface area contributed by atoms with Crippen LogP contribution in [0.15, 0.2) is 24.3 Å². The maximum absolute atomic E-state index is 12.3. The summed E-state index contributed by atoms with van der Waals surface area (Å²) in [5.74, 6) is 0.775. The fourth-order valence-electron chi connectivity index (χ4n) is 3.67. The first kappa shape index (κ1) is 22.0. The van der Waals surface area contributed by atoms with Gasteiger partial charge in [-0.15, -0.1) is 0 Å². The molecule has 0 aromatic heterocycles. The Morgan fingerprint density at radius 2 is 1.86 bits per heavy atom. The maximum Gasteiger partial charge on any atom is 0.315 e. The molecule has 3 N–H and O–H groups in total. The minimum Gasteiger partial charge on any atom is -0.497 e. The normalized spacial score (nSPS) is 16.5. The molecule has 1 fully saturated rings. The van der Waals surface area contributed by atoms with Gasteiger partial charge in [-0.3, -0.25) is 4.79 Å². The molecular weight excluding hydrogens is 356 g/mol. The minimum atomic E-state index is -0.193. The van der Waals surface area contributed by atoms with Gasteiger partial charge in [0.05, 0.1) is 32.8 Å². The van der Waals surface area contributed by atoms with E-state index >= 15 is 0 Å². The number of carbonyl (C=O) groups excluding carboxylic acids is 2. The van der Waals surface area contributed by atoms with Crippen molar-refractivity contribution in [1.29, 1.82) is 0 Å². The summed E-state index contributed by atoms with van der Waals surface area (Å²) in [6, 6.07) is 7.02. The van der Waals surface area contributed by atoms with Crippen LogP contribution in [0.25, 0.3) is 0 Å². The van der Waals surface area contributed by atoms with Gasteiger partial charge in [-0.2, -0.15) is 0 Å². The minimum absolute atomic E-state index is 0.0221. The van der Waals surface area contributed by atoms with E-state index in [1.54, 1.807) is 16.9 Å². The molecule has 7 nitrogen and oxygen atoms in total. The van der Waals surface area contributed by atoms with Crippen molar-refractivity contribution in [2.45, 2.75) is 45.6 Å². The molecule has 1 aromatic rings. The van der Waals surface area contributed by atoms with Crippen LogP contribution < -0.4 is 25.2 Å². The van der Waals surface area contributed by atoms with Crippen molar-refractivity contribution in [3.05, 3.63) is 24.3 Å². The van der Waals surface area contributed by atoms with Crippen molar-refractivity contribution in [1.82, 2.24) is 10.6 Å². The van der Waals surface area contributed by atoms with Crippen LogP contribution in [0.4, 0.5) is 10.5 Å². The summed E-state index contributed by atoms with van der Waals surface area (Å²) in [7, 11) is 1.61. The molecule has 1 atom stereocenters. The van der Waals surface area contributed by atoms with E-state index < -0.39 is 0 Å². The number of hydrogen-bond donors (Lipinski definition) is 3. The quantitative estimate of drug-likeness (QED) is 0.496. The third-order valence-electron chi connectivity index (χ3n) is 5.04. The fourth-order valence-corrected chi connectivity index (χ4v) is 3.67. The van der Waals surface area contributed by atoms with Crippen molar-refractivity contribution >= 4 is 17.6 Å². The Morgan fingerprint density at radius 1 is 1.18 bits per heavy atom. The summed E-state index contributed by atoms with van der Waals surface area (Å²) >= 11 is 0. The first-order valence-electron chi connectivity index (χ1n) is 10.4. The molecule has 1 aliphatic heterocycles. The standard InChI is InChI=1S/C21H34N4O3/c1-4-12-24(13-5-2)14-6-11-22-21(27)23-17-15-20(26)25(16-17)18-7-9-19(28-3)10-8-18/h7-10,17H,4-6,11-16H2,1-3H3,(H2,22,23,27)/p+1/t17-/m1/s1. The number of nitrogens with zero attached hydrogens (tertiary/aromatic N) is 1. The predicted octanol–water partition coefficient (Wildman–Crippen LogP) is 1.19. The van der Waals surface area contributed by atoms with Crippen LogP contribution >= 0.6 is 0 Å². The van der Waals surface area contributed by atoms with Gasteiger partial charge in [-0.05, 0) is 37.1 Å². The summed E-state index contributed by atoms with van der Waals surface area (Å²) in [4.78, 5) is 27.8. The first-order valence-corrected chi connectivity index (χ1v) is 10.4. The number of rotatable bonds is 11. The SMILES string of the molecule is CCC[NH+](CCC)CCCNC(=O)N[C@@H]1CC(=O)N(c2ccc(OC)cc2)C1. The lowest BCUT2D eigenvalue weighted by Gasteiger charge is -2.19. The average Bonchev–Trinajstić information content (AvgIpc) is 3.05. The number of amides is 3. The molecule has 1 heterocycles. The van der Waals surface area contributed by atoms with Gasteiger partial charge in [-0.1, -0.05) is 13.8 Å². The van der Waals surface area contributed by atoms with E-state index in [0.29, 0.717) is 19.5 Å². The predicted molar refractivity (Wildman–Crippen MR) is 111 cm³/mol. The van der Waals surface area contributed by atoms with Gasteiger partial charge in [0.2, 0.25) is 5.91 Å². The van der Waals surface area contributed by atoms with E-state index in [1.807, 2.05) is 24.3 Å². The molecule has 0 radical (unpaired) electrons. The number of hydrogen-bond acceptors (Lipinski definition) is 3. The van der Waals surface area contributed by atoms with Crippen LogP contribution in [-0.4, -0.2) is 57.8 Å². The number of quaternary nitrogens is 1. The maximum atomic E-state index is 12.3. The van der Waals surface area contributed by atoms with Crippen LogP contribution in [-0.2, 0) is 4.79 Å². The molecule has 1 aromatic carbocycles. The monoisotopic (exact) mass is 391 g/mol. The number of urea groups is 1. The topological polar surface area (TPSA) is 75.1 Å². The van der Waals surface area contributed by atoms with Crippen LogP contribution in [0.5, 0.6) is 5.75 Å². The van der Waals surface area contributed by atoms with E-state index in [9.17, 15) is 9.59 Å². The van der Waals surface area contributed by atoms with Crippen LogP contribution in [0, 0.1) is 0 Å². The second-order valence-corrected chi connectivity index (χ2v) is 7.36. The van der Waals surface area contributed by atoms with E-state index in [1.165, 1.54) is 25.9 Å². The summed E-state index contributed by atoms with van der Waals surface area (Å²) in [6.07, 6.45) is 3.65. The molecular formula is C21H35N4O3+. The van der Waals surface area contributed by atoms with Gasteiger partial charge >= 0.3 is 6.03 Å². The molecule has 0 saturated carbocycles. The van der Waals surface area contributed by atoms with Crippen molar-refractivity contribution < 1.29 is 19.2 Å². The van der Waals surface area contributed by atoms with Crippen LogP contribution in [0.3, 0.4) is 0 Å². The number of nitrogens with one attached hydrogen (secondary N) is 3. The zero-order valence-corrected chi connectivity index (χ0v) is 17.4. The molecule has 156 valence electrons. The number of carbonyl (C=O) groups is 2. The highest BCUT2D eigenvalue weighted by Gasteiger charge is 2.31. The highest BCUT2D eigenvalue weighted by Crippen LogP contribution is 2.24. The molecule has 0 aliphatic carbocycles. The molecule has 0 bridgehead atoms. The molecule has 2 rings (SSSR count). The average molecular weight is 392 g/mol. The lowest BCUT2D eigenvalue weighted by Crippen LogP contribution is -3.12. The van der Waals surface area contributed by atoms with Crippen molar-refractivity contribution in [3.63, 3.8) is 0 Å². The van der Waals surface area contributed by atoms with Crippen molar-refractivity contribution in [3.8, 4) is 5.75 Å². The lowest BCUT2D eigenvalue weighted by molar-refractivity contribution is -0.900. The van der Waals surface area contributed by atoms with Gasteiger partial charge in [0, 0.05) is 31.6 Å². The molecule has 3 amide bonds. The van der Waals surface area contributed by atoms with Gasteiger partial charge in [0.15, 0.2) is 0 Å². The van der Waals surface area contributed by atoms with Crippen molar-refractivity contribution in [2.24, 2.45) is 0 Å². The summed E-state index contributed by atoms with van der Waals surface area (Å²) < 4.78 is 5.15. The Bertz CT molecular complexity index is 615. The molecule has 28 heavy (non-hydrogen) atoms. The highest BCUT2D eigenvalue weighted by atomic mass is 16.5. The fraction of sp³-hybridized carbons (Fsp3) is 0.619. The Hall–Kier alpha value is -2.28. The number of benzene rings is 1. The van der Waals surface area contributed by atoms with E-state index in [0.717, 1.165) is 24.4 Å². The highest BCUT2D eigenvalue weighted by molar-refractivity contribution is 5.96. The summed E-state index contributed by atoms with van der Waals surface area (Å²) in [6.45, 7) is 9.01. The molecule has 0 unspecified atom stereocenters. The number of anilines is 1. The molecule has 1 aliphatic rings. The Balaban J connectivity index is 1.71. The second kappa shape index (κ2) is 11.5. The summed E-state index contributed by atoms with van der Waals surface area (Å²) in [5.41, 5.74) is 0.824. The Labute approximate surface area is 168 Å². The van der Waals surface area contributed by atoms with Crippen LogP contribution in [0.1, 0.15) is 39.5 Å². The van der Waals surface area contributed by atoms with Crippen LogP contribution in [0.2, 0.25) is 0 Å². The Morgan fingerprint density at radius 3 is 2.46 bits per heavy atom. The van der Waals surface area contributed by atoms with Gasteiger partial charge in [0.25, 0.3) is 0 Å². The van der Waals surface area contributed by atoms with Gasteiger partial charge < -0.3 is 25.2 Å². The van der Waals surface area contributed by atoms with E-state index in [4.69, 9.17) is 4.74 Å². The summed E-state index contributed by atoms with van der Waals surface area (Å²) in [5, 5.41) is 5.85. The zero-order chi connectivity index (χ0) is 20.4. The third-order valence-corrected chi connectivity index (χ3v) is 5.04. The lowest BCUT2D eigenvalue weighted by atomic mass is 10.2. The second-order valence-electron chi connectivity index (χ2n) is 7.36. The smallest absolute Gasteiger partial charge is 0.315 e.